The number of carbonyl (C=O) groups excluding carboxylic acids is 2. The first kappa shape index (κ1) is 17.4. The minimum atomic E-state index is -0.822. The van der Waals surface area contributed by atoms with E-state index < -0.39 is 30.6 Å². The Morgan fingerprint density at radius 3 is 2.92 bits per heavy atom. The summed E-state index contributed by atoms with van der Waals surface area (Å²) in [5, 5.41) is 0.249. The molecule has 0 N–H and O–H groups in total. The van der Waals surface area contributed by atoms with Gasteiger partial charge in [-0.15, -0.1) is 0 Å². The zero-order chi connectivity index (χ0) is 18.0. The van der Waals surface area contributed by atoms with Gasteiger partial charge < -0.3 is 18.9 Å². The Balaban J connectivity index is 1.83. The lowest BCUT2D eigenvalue weighted by Gasteiger charge is -2.22. The number of imidazole rings is 1. The molecule has 0 aromatic rings. The molecule has 0 saturated carbocycles. The van der Waals surface area contributed by atoms with Gasteiger partial charge in [-0.3, -0.25) is 9.36 Å². The molecule has 3 aliphatic heterocycles. The number of aromatic nitrogens is 4. The fourth-order valence-corrected chi connectivity index (χ4v) is 2.85. The standard InChI is InChI=1S/C14H15ClN4O6/c1-7(20)24-9-3-8(4-23-14(21)22-2)25-13(9)19-6-18-12-10(11(19)15)16-5-17-12/h5-6,8-9,13H,3-4H2,1-2H3/t8-,9+,13+/m0/s1. The normalized spacial score (nSPS) is 22.8. The van der Waals surface area contributed by atoms with Crippen LogP contribution in [0.15, 0.2) is 12.7 Å². The van der Waals surface area contributed by atoms with E-state index in [-0.39, 0.29) is 11.8 Å². The van der Waals surface area contributed by atoms with Gasteiger partial charge in [-0.2, -0.15) is 0 Å². The van der Waals surface area contributed by atoms with Crippen LogP contribution < -0.4 is 0 Å². The second kappa shape index (κ2) is 7.19. The molecule has 3 atom stereocenters. The van der Waals surface area contributed by atoms with Crippen molar-refractivity contribution in [2.24, 2.45) is 0 Å². The minimum Gasteiger partial charge on any atom is -0.458 e. The van der Waals surface area contributed by atoms with E-state index in [1.54, 1.807) is 0 Å². The van der Waals surface area contributed by atoms with Crippen molar-refractivity contribution in [2.75, 3.05) is 13.7 Å². The Kier molecular flexibility index (Phi) is 5.00. The number of esters is 1. The first-order valence-electron chi connectivity index (χ1n) is 7.36. The summed E-state index contributed by atoms with van der Waals surface area (Å²) in [6.45, 7) is 1.25. The average Bonchev–Trinajstić information content (AvgIpc) is 3.20. The van der Waals surface area contributed by atoms with E-state index in [4.69, 9.17) is 25.8 Å². The van der Waals surface area contributed by atoms with Crippen molar-refractivity contribution in [2.45, 2.75) is 31.8 Å². The molecule has 25 heavy (non-hydrogen) atoms. The third-order valence-electron chi connectivity index (χ3n) is 3.60. The highest BCUT2D eigenvalue weighted by molar-refractivity contribution is 6.31. The minimum absolute atomic E-state index is 0.0506. The molecule has 1 saturated heterocycles. The molecule has 0 aromatic carbocycles. The lowest BCUT2D eigenvalue weighted by atomic mass is 10.2. The Morgan fingerprint density at radius 1 is 1.40 bits per heavy atom. The van der Waals surface area contributed by atoms with Gasteiger partial charge in [0.1, 0.15) is 36.2 Å². The molecule has 11 heteroatoms. The summed E-state index contributed by atoms with van der Waals surface area (Å²) in [7, 11) is 1.21. The van der Waals surface area contributed by atoms with Gasteiger partial charge in [0, 0.05) is 13.3 Å². The van der Waals surface area contributed by atoms with Gasteiger partial charge in [0.05, 0.1) is 13.2 Å². The van der Waals surface area contributed by atoms with E-state index in [9.17, 15) is 9.59 Å². The highest BCUT2D eigenvalue weighted by Gasteiger charge is 2.40. The van der Waals surface area contributed by atoms with Crippen LogP contribution in [-0.2, 0) is 23.7 Å². The molecular formula is C14H15ClN4O6. The Bertz CT molecular complexity index is 753. The van der Waals surface area contributed by atoms with Gasteiger partial charge in [0.25, 0.3) is 0 Å². The predicted molar refractivity (Wildman–Crippen MR) is 81.9 cm³/mol. The Hall–Kier alpha value is -2.46. The zero-order valence-electron chi connectivity index (χ0n) is 13.4. The van der Waals surface area contributed by atoms with Gasteiger partial charge in [0.2, 0.25) is 0 Å². The molecule has 0 aromatic heterocycles. The number of nitrogens with zero attached hydrogens (tertiary/aromatic N) is 4. The van der Waals surface area contributed by atoms with Crippen LogP contribution >= 0.6 is 11.6 Å². The quantitative estimate of drug-likeness (QED) is 0.582. The molecule has 134 valence electrons. The van der Waals surface area contributed by atoms with Crippen LogP contribution in [0.5, 0.6) is 0 Å². The number of methoxy groups -OCH3 is 1. The number of ether oxygens (including phenoxy) is 4. The van der Waals surface area contributed by atoms with Crippen LogP contribution in [-0.4, -0.2) is 57.6 Å². The van der Waals surface area contributed by atoms with Crippen LogP contribution in [0.25, 0.3) is 11.5 Å². The van der Waals surface area contributed by atoms with Crippen LogP contribution in [0.4, 0.5) is 4.79 Å². The summed E-state index contributed by atoms with van der Waals surface area (Å²) >= 11 is 6.36. The van der Waals surface area contributed by atoms with E-state index in [1.165, 1.54) is 31.3 Å². The smallest absolute Gasteiger partial charge is 0.458 e. The summed E-state index contributed by atoms with van der Waals surface area (Å²) in [6.07, 6.45) is 0.402. The largest absolute Gasteiger partial charge is 0.508 e. The number of hydrogen-bond donors (Lipinski definition) is 0. The zero-order valence-corrected chi connectivity index (χ0v) is 14.2. The van der Waals surface area contributed by atoms with Crippen LogP contribution in [0.1, 0.15) is 19.6 Å². The summed E-state index contributed by atoms with van der Waals surface area (Å²) < 4.78 is 22.0. The fraction of sp³-hybridized carbons (Fsp3) is 0.500. The molecule has 1 fully saturated rings. The van der Waals surface area contributed by atoms with Crippen LogP contribution in [0.2, 0.25) is 5.15 Å². The van der Waals surface area contributed by atoms with E-state index in [1.807, 2.05) is 0 Å². The van der Waals surface area contributed by atoms with Gasteiger partial charge in [0.15, 0.2) is 12.1 Å². The fourth-order valence-electron chi connectivity index (χ4n) is 2.57. The van der Waals surface area contributed by atoms with E-state index >= 15 is 0 Å². The lowest BCUT2D eigenvalue weighted by molar-refractivity contribution is -0.152. The van der Waals surface area contributed by atoms with Gasteiger partial charge in [-0.1, -0.05) is 11.6 Å². The first-order valence-corrected chi connectivity index (χ1v) is 7.74. The third-order valence-corrected chi connectivity index (χ3v) is 3.97. The van der Waals surface area contributed by atoms with Crippen molar-refractivity contribution in [1.29, 1.82) is 0 Å². The van der Waals surface area contributed by atoms with Gasteiger partial charge in [-0.05, 0) is 0 Å². The molecule has 10 nitrogen and oxygen atoms in total. The van der Waals surface area contributed by atoms with E-state index in [2.05, 4.69) is 19.7 Å². The monoisotopic (exact) mass is 370 g/mol. The van der Waals surface area contributed by atoms with Crippen LogP contribution in [0, 0.1) is 0 Å². The first-order chi connectivity index (χ1) is 12.0. The van der Waals surface area contributed by atoms with Crippen molar-refractivity contribution in [1.82, 2.24) is 19.5 Å². The maximum Gasteiger partial charge on any atom is 0.508 e. The topological polar surface area (TPSA) is 115 Å². The summed E-state index contributed by atoms with van der Waals surface area (Å²) in [5.74, 6) is -0.0687. The van der Waals surface area contributed by atoms with Gasteiger partial charge >= 0.3 is 12.1 Å². The average molecular weight is 371 g/mol. The van der Waals surface area contributed by atoms with Crippen molar-refractivity contribution in [3.8, 4) is 11.5 Å². The lowest BCUT2D eigenvalue weighted by Crippen LogP contribution is -2.25. The number of hydrogen-bond acceptors (Lipinski definition) is 9. The number of fused-ring (bicyclic) bond motifs is 1. The van der Waals surface area contributed by atoms with Crippen molar-refractivity contribution in [3.05, 3.63) is 17.8 Å². The second-order valence-corrected chi connectivity index (χ2v) is 5.64. The second-order valence-electron chi connectivity index (χ2n) is 5.29. The summed E-state index contributed by atoms with van der Waals surface area (Å²) in [4.78, 5) is 34.7. The van der Waals surface area contributed by atoms with Crippen LogP contribution in [0.3, 0.4) is 0 Å². The molecule has 3 heterocycles. The van der Waals surface area contributed by atoms with Crippen molar-refractivity contribution < 1.29 is 28.5 Å². The SMILES string of the molecule is COC(=O)OC[C@@H]1C[C@@H](OC(C)=O)[C@H](n2cnc3ncnc-3c2Cl)O1. The third kappa shape index (κ3) is 3.64. The Labute approximate surface area is 147 Å². The molecular weight excluding hydrogens is 356 g/mol. The number of rotatable bonds is 4. The summed E-state index contributed by atoms with van der Waals surface area (Å²) in [6, 6.07) is 0. The molecule has 0 spiro atoms. The summed E-state index contributed by atoms with van der Waals surface area (Å²) in [5.41, 5.74) is 0.406. The van der Waals surface area contributed by atoms with E-state index in [0.717, 1.165) is 0 Å². The number of carbonyl (C=O) groups is 2. The van der Waals surface area contributed by atoms with Crippen molar-refractivity contribution in [3.63, 3.8) is 0 Å². The molecule has 0 bridgehead atoms. The molecule has 0 amide bonds. The van der Waals surface area contributed by atoms with Crippen molar-refractivity contribution >= 4 is 23.7 Å². The highest BCUT2D eigenvalue weighted by Crippen LogP contribution is 2.36. The molecule has 3 rings (SSSR count). The maximum absolute atomic E-state index is 11.4. The molecule has 0 aliphatic carbocycles. The molecule has 3 aliphatic rings. The van der Waals surface area contributed by atoms with E-state index in [0.29, 0.717) is 17.9 Å². The Morgan fingerprint density at radius 2 is 2.20 bits per heavy atom. The number of halogens is 1. The molecule has 0 radical (unpaired) electrons. The predicted octanol–water partition coefficient (Wildman–Crippen LogP) is 1.43. The maximum atomic E-state index is 11.4. The van der Waals surface area contributed by atoms with Gasteiger partial charge in [-0.25, -0.2) is 19.7 Å². The molecule has 0 unspecified atom stereocenters. The highest BCUT2D eigenvalue weighted by atomic mass is 35.5.